The highest BCUT2D eigenvalue weighted by Gasteiger charge is 2.35. The number of hydrogen-bond acceptors (Lipinski definition) is 2. The third-order valence-electron chi connectivity index (χ3n) is 1.48. The van der Waals surface area contributed by atoms with Crippen LogP contribution in [0.3, 0.4) is 0 Å². The molecule has 1 aromatic heterocycles. The molecule has 2 N–H and O–H groups in total. The molecule has 1 aromatic rings. The van der Waals surface area contributed by atoms with Gasteiger partial charge in [0.2, 0.25) is 0 Å². The quantitative estimate of drug-likeness (QED) is 0.772. The van der Waals surface area contributed by atoms with Crippen molar-refractivity contribution in [3.05, 3.63) is 28.5 Å². The van der Waals surface area contributed by atoms with Crippen molar-refractivity contribution in [3.8, 4) is 0 Å². The zero-order valence-corrected chi connectivity index (χ0v) is 7.15. The molecular weight excluding hydrogens is 205 g/mol. The van der Waals surface area contributed by atoms with Crippen LogP contribution in [-0.2, 0) is 12.7 Å². The Morgan fingerprint density at radius 2 is 2.00 bits per heavy atom. The van der Waals surface area contributed by atoms with Gasteiger partial charge in [-0.1, -0.05) is 11.6 Å². The minimum atomic E-state index is -4.48. The van der Waals surface area contributed by atoms with Gasteiger partial charge in [-0.15, -0.1) is 0 Å². The lowest BCUT2D eigenvalue weighted by Gasteiger charge is -2.12. The van der Waals surface area contributed by atoms with Crippen molar-refractivity contribution < 1.29 is 13.2 Å². The summed E-state index contributed by atoms with van der Waals surface area (Å²) in [7, 11) is 0. The average Bonchev–Trinajstić information content (AvgIpc) is 2.01. The van der Waals surface area contributed by atoms with E-state index in [4.69, 9.17) is 17.3 Å². The normalized spacial score (nSPS) is 11.8. The zero-order valence-electron chi connectivity index (χ0n) is 6.40. The van der Waals surface area contributed by atoms with Crippen molar-refractivity contribution in [3.63, 3.8) is 0 Å². The van der Waals surface area contributed by atoms with E-state index in [9.17, 15) is 13.2 Å². The predicted octanol–water partition coefficient (Wildman–Crippen LogP) is 2.21. The first-order valence-corrected chi connectivity index (χ1v) is 3.74. The number of aromatic nitrogens is 1. The molecule has 0 fully saturated rings. The van der Waals surface area contributed by atoms with Crippen molar-refractivity contribution >= 4 is 11.6 Å². The topological polar surface area (TPSA) is 38.9 Å². The van der Waals surface area contributed by atoms with Gasteiger partial charge >= 0.3 is 6.18 Å². The zero-order chi connectivity index (χ0) is 10.1. The molecule has 0 saturated carbocycles. The Balaban J connectivity index is 3.32. The molecule has 2 nitrogen and oxygen atoms in total. The van der Waals surface area contributed by atoms with Gasteiger partial charge in [0.05, 0.1) is 10.6 Å². The summed E-state index contributed by atoms with van der Waals surface area (Å²) in [5, 5.41) is -0.421. The van der Waals surface area contributed by atoms with Crippen LogP contribution in [0.15, 0.2) is 12.4 Å². The van der Waals surface area contributed by atoms with E-state index in [0.717, 1.165) is 12.4 Å². The van der Waals surface area contributed by atoms with Crippen molar-refractivity contribution in [1.29, 1.82) is 0 Å². The lowest BCUT2D eigenvalue weighted by atomic mass is 10.1. The number of alkyl halides is 3. The number of pyridine rings is 1. The molecule has 0 radical (unpaired) electrons. The molecule has 0 atom stereocenters. The molecule has 0 spiro atoms. The van der Waals surface area contributed by atoms with Crippen LogP contribution in [0.1, 0.15) is 11.1 Å². The fourth-order valence-corrected chi connectivity index (χ4v) is 1.23. The molecule has 0 bridgehead atoms. The van der Waals surface area contributed by atoms with Crippen LogP contribution in [0, 0.1) is 0 Å². The maximum absolute atomic E-state index is 12.3. The van der Waals surface area contributed by atoms with Gasteiger partial charge in [0.15, 0.2) is 0 Å². The third kappa shape index (κ3) is 2.10. The van der Waals surface area contributed by atoms with E-state index in [1.165, 1.54) is 0 Å². The SMILES string of the molecule is NCc1cncc(Cl)c1C(F)(F)F. The van der Waals surface area contributed by atoms with Gasteiger partial charge in [-0.2, -0.15) is 13.2 Å². The minimum Gasteiger partial charge on any atom is -0.326 e. The molecule has 0 amide bonds. The summed E-state index contributed by atoms with van der Waals surface area (Å²) >= 11 is 5.35. The molecule has 6 heteroatoms. The van der Waals surface area contributed by atoms with Gasteiger partial charge in [-0.25, -0.2) is 0 Å². The average molecular weight is 211 g/mol. The van der Waals surface area contributed by atoms with Crippen molar-refractivity contribution in [2.75, 3.05) is 0 Å². The Morgan fingerprint density at radius 3 is 2.38 bits per heavy atom. The van der Waals surface area contributed by atoms with Crippen molar-refractivity contribution in [2.45, 2.75) is 12.7 Å². The van der Waals surface area contributed by atoms with Gasteiger partial charge in [0.25, 0.3) is 0 Å². The van der Waals surface area contributed by atoms with Crippen LogP contribution in [0.5, 0.6) is 0 Å². The lowest BCUT2D eigenvalue weighted by molar-refractivity contribution is -0.138. The molecule has 0 aliphatic carbocycles. The van der Waals surface area contributed by atoms with E-state index in [1.54, 1.807) is 0 Å². The molecule has 0 saturated heterocycles. The number of nitrogens with zero attached hydrogens (tertiary/aromatic N) is 1. The molecule has 72 valence electrons. The van der Waals surface area contributed by atoms with Gasteiger partial charge in [0.1, 0.15) is 0 Å². The first kappa shape index (κ1) is 10.3. The first-order valence-electron chi connectivity index (χ1n) is 3.36. The fourth-order valence-electron chi connectivity index (χ4n) is 0.947. The van der Waals surface area contributed by atoms with E-state index in [2.05, 4.69) is 4.98 Å². The van der Waals surface area contributed by atoms with E-state index < -0.39 is 16.8 Å². The smallest absolute Gasteiger partial charge is 0.326 e. The van der Waals surface area contributed by atoms with Crippen LogP contribution in [0.4, 0.5) is 13.2 Å². The number of hydrogen-bond donors (Lipinski definition) is 1. The highest BCUT2D eigenvalue weighted by atomic mass is 35.5. The molecule has 1 heterocycles. The standard InChI is InChI=1S/C7H6ClF3N2/c8-5-3-13-2-4(1-12)6(5)7(9,10)11/h2-3H,1,12H2. The maximum Gasteiger partial charge on any atom is 0.418 e. The summed E-state index contributed by atoms with van der Waals surface area (Å²) < 4.78 is 37.0. The first-order chi connectivity index (χ1) is 5.96. The van der Waals surface area contributed by atoms with Gasteiger partial charge in [-0.05, 0) is 5.56 Å². The van der Waals surface area contributed by atoms with E-state index in [1.807, 2.05) is 0 Å². The second kappa shape index (κ2) is 3.51. The van der Waals surface area contributed by atoms with Crippen LogP contribution < -0.4 is 5.73 Å². The Morgan fingerprint density at radius 1 is 1.38 bits per heavy atom. The molecular formula is C7H6ClF3N2. The number of nitrogens with two attached hydrogens (primary N) is 1. The van der Waals surface area contributed by atoms with Crippen molar-refractivity contribution in [1.82, 2.24) is 4.98 Å². The summed E-state index contributed by atoms with van der Waals surface area (Å²) in [4.78, 5) is 3.52. The molecule has 13 heavy (non-hydrogen) atoms. The second-order valence-electron chi connectivity index (χ2n) is 2.36. The molecule has 1 rings (SSSR count). The van der Waals surface area contributed by atoms with E-state index in [0.29, 0.717) is 0 Å². The summed E-state index contributed by atoms with van der Waals surface area (Å²) in [6.45, 7) is -0.234. The summed E-state index contributed by atoms with van der Waals surface area (Å²) in [5.41, 5.74) is 4.12. The van der Waals surface area contributed by atoms with Crippen LogP contribution in [0.2, 0.25) is 5.02 Å². The predicted molar refractivity (Wildman–Crippen MR) is 42.1 cm³/mol. The van der Waals surface area contributed by atoms with Gasteiger partial charge in [0, 0.05) is 18.9 Å². The van der Waals surface area contributed by atoms with Crippen LogP contribution in [-0.4, -0.2) is 4.98 Å². The summed E-state index contributed by atoms with van der Waals surface area (Å²) in [6, 6.07) is 0. The van der Waals surface area contributed by atoms with E-state index in [-0.39, 0.29) is 12.1 Å². The third-order valence-corrected chi connectivity index (χ3v) is 1.77. The van der Waals surface area contributed by atoms with Crippen LogP contribution in [0.25, 0.3) is 0 Å². The molecule has 0 unspecified atom stereocenters. The monoisotopic (exact) mass is 210 g/mol. The summed E-state index contributed by atoms with van der Waals surface area (Å²) in [5.74, 6) is 0. The number of halogens is 4. The minimum absolute atomic E-state index is 0.0972. The molecule has 0 aliphatic heterocycles. The van der Waals surface area contributed by atoms with E-state index >= 15 is 0 Å². The Labute approximate surface area is 77.5 Å². The Hall–Kier alpha value is -0.810. The van der Waals surface area contributed by atoms with Crippen molar-refractivity contribution in [2.24, 2.45) is 5.73 Å². The van der Waals surface area contributed by atoms with Gasteiger partial charge in [-0.3, -0.25) is 4.98 Å². The highest BCUT2D eigenvalue weighted by Crippen LogP contribution is 2.36. The molecule has 0 aliphatic rings. The largest absolute Gasteiger partial charge is 0.418 e. The lowest BCUT2D eigenvalue weighted by Crippen LogP contribution is -2.13. The van der Waals surface area contributed by atoms with Crippen LogP contribution >= 0.6 is 11.6 Å². The highest BCUT2D eigenvalue weighted by molar-refractivity contribution is 6.31. The molecule has 0 aromatic carbocycles. The Bertz CT molecular complexity index is 311. The fraction of sp³-hybridized carbons (Fsp3) is 0.286. The Kier molecular flexibility index (Phi) is 2.77. The number of rotatable bonds is 1. The van der Waals surface area contributed by atoms with Gasteiger partial charge < -0.3 is 5.73 Å². The maximum atomic E-state index is 12.3. The summed E-state index contributed by atoms with van der Waals surface area (Å²) in [6.07, 6.45) is -2.47. The second-order valence-corrected chi connectivity index (χ2v) is 2.76.